The Balaban J connectivity index is 2.49. The second-order valence-corrected chi connectivity index (χ2v) is 2.27. The average Bonchev–Trinajstić information content (AvgIpc) is 1.69. The molecule has 7 heavy (non-hydrogen) atoms. The van der Waals surface area contributed by atoms with E-state index >= 15 is 0 Å². The topological polar surface area (TPSA) is 20.2 Å². The Labute approximate surface area is 46.7 Å². The van der Waals surface area contributed by atoms with Gasteiger partial charge in [0.15, 0.2) is 0 Å². The number of aliphatic hydroxyl groups excluding tert-OH is 1. The Morgan fingerprint density at radius 2 is 2.29 bits per heavy atom. The van der Waals surface area contributed by atoms with Crippen LogP contribution in [-0.2, 0) is 0 Å². The van der Waals surface area contributed by atoms with Gasteiger partial charge in [-0.2, -0.15) is 0 Å². The maximum absolute atomic E-state index is 8.73. The lowest BCUT2D eigenvalue weighted by atomic mass is 10.5. The predicted octanol–water partition coefficient (Wildman–Crippen LogP) is 1.12. The molecule has 0 spiro atoms. The van der Waals surface area contributed by atoms with E-state index in [0.29, 0.717) is 0 Å². The van der Waals surface area contributed by atoms with Crippen LogP contribution in [0.5, 0.6) is 0 Å². The van der Waals surface area contributed by atoms with E-state index in [1.54, 1.807) is 6.08 Å². The molecule has 38 valence electrons. The smallest absolute Gasteiger partial charge is 0.122 e. The minimum atomic E-state index is -0.315. The minimum absolute atomic E-state index is 0.315. The van der Waals surface area contributed by atoms with Crippen LogP contribution >= 0.6 is 11.8 Å². The van der Waals surface area contributed by atoms with Gasteiger partial charge in [-0.05, 0) is 11.5 Å². The first kappa shape index (κ1) is 4.94. The summed E-state index contributed by atoms with van der Waals surface area (Å²) in [6.45, 7) is 0. The summed E-state index contributed by atoms with van der Waals surface area (Å²) in [6, 6.07) is 0. The van der Waals surface area contributed by atoms with Crippen LogP contribution in [0.2, 0.25) is 0 Å². The number of allylic oxidation sites excluding steroid dienone is 2. The van der Waals surface area contributed by atoms with Gasteiger partial charge in [-0.25, -0.2) is 0 Å². The zero-order valence-electron chi connectivity index (χ0n) is 3.74. The molecule has 2 heteroatoms. The Morgan fingerprint density at radius 1 is 1.43 bits per heavy atom. The van der Waals surface area contributed by atoms with Crippen LogP contribution < -0.4 is 0 Å². The normalized spacial score (nSPS) is 28.4. The number of aliphatic hydroxyl groups is 1. The molecule has 0 bridgehead atoms. The van der Waals surface area contributed by atoms with Crippen LogP contribution in [0, 0.1) is 0 Å². The summed E-state index contributed by atoms with van der Waals surface area (Å²) in [5.41, 5.74) is -0.315. The van der Waals surface area contributed by atoms with Crippen molar-refractivity contribution in [3.8, 4) is 0 Å². The quantitative estimate of drug-likeness (QED) is 0.509. The van der Waals surface area contributed by atoms with E-state index in [2.05, 4.69) is 0 Å². The molecule has 1 nitrogen and oxygen atoms in total. The SMILES string of the molecule is OC1C=CC=CS1. The maximum Gasteiger partial charge on any atom is 0.122 e. The van der Waals surface area contributed by atoms with Crippen molar-refractivity contribution in [2.75, 3.05) is 0 Å². The summed E-state index contributed by atoms with van der Waals surface area (Å²) in [5, 5.41) is 10.6. The van der Waals surface area contributed by atoms with Crippen molar-refractivity contribution in [3.05, 3.63) is 23.6 Å². The molecular formula is C5H6OS. The van der Waals surface area contributed by atoms with Gasteiger partial charge in [0.25, 0.3) is 0 Å². The molecule has 1 rings (SSSR count). The van der Waals surface area contributed by atoms with Gasteiger partial charge in [0.2, 0.25) is 0 Å². The highest BCUT2D eigenvalue weighted by molar-refractivity contribution is 8.02. The predicted molar refractivity (Wildman–Crippen MR) is 31.9 cm³/mol. The summed E-state index contributed by atoms with van der Waals surface area (Å²) in [5.74, 6) is 0. The van der Waals surface area contributed by atoms with Crippen molar-refractivity contribution in [1.82, 2.24) is 0 Å². The molecule has 0 radical (unpaired) electrons. The van der Waals surface area contributed by atoms with Crippen LogP contribution in [-0.4, -0.2) is 10.5 Å². The van der Waals surface area contributed by atoms with E-state index < -0.39 is 0 Å². The fourth-order valence-corrected chi connectivity index (χ4v) is 0.900. The van der Waals surface area contributed by atoms with E-state index in [-0.39, 0.29) is 5.44 Å². The summed E-state index contributed by atoms with van der Waals surface area (Å²) in [7, 11) is 0. The molecule has 1 N–H and O–H groups in total. The van der Waals surface area contributed by atoms with E-state index in [1.165, 1.54) is 11.8 Å². The Kier molecular flexibility index (Phi) is 1.54. The third-order valence-corrected chi connectivity index (χ3v) is 1.43. The lowest BCUT2D eigenvalue weighted by molar-refractivity contribution is 0.310. The zero-order chi connectivity index (χ0) is 5.11. The number of thioether (sulfide) groups is 1. The Hall–Kier alpha value is -0.210. The molecule has 0 aromatic carbocycles. The first-order valence-corrected chi connectivity index (χ1v) is 3.01. The van der Waals surface area contributed by atoms with Crippen molar-refractivity contribution >= 4 is 11.8 Å². The first-order chi connectivity index (χ1) is 3.39. The van der Waals surface area contributed by atoms with Crippen molar-refractivity contribution in [2.45, 2.75) is 5.44 Å². The van der Waals surface area contributed by atoms with Crippen molar-refractivity contribution in [1.29, 1.82) is 0 Å². The van der Waals surface area contributed by atoms with E-state index in [1.807, 2.05) is 17.6 Å². The van der Waals surface area contributed by atoms with Gasteiger partial charge in [-0.1, -0.05) is 23.9 Å². The molecule has 0 aliphatic carbocycles. The molecule has 0 saturated carbocycles. The maximum atomic E-state index is 8.73. The largest absolute Gasteiger partial charge is 0.378 e. The fourth-order valence-electron chi connectivity index (χ4n) is 0.376. The van der Waals surface area contributed by atoms with Crippen LogP contribution in [0.25, 0.3) is 0 Å². The van der Waals surface area contributed by atoms with Crippen LogP contribution in [0.3, 0.4) is 0 Å². The second-order valence-electron chi connectivity index (χ2n) is 1.24. The van der Waals surface area contributed by atoms with Crippen LogP contribution in [0.15, 0.2) is 23.6 Å². The molecule has 0 aromatic rings. The third-order valence-electron chi connectivity index (χ3n) is 0.683. The molecular weight excluding hydrogens is 108 g/mol. The second kappa shape index (κ2) is 2.19. The highest BCUT2D eigenvalue weighted by Crippen LogP contribution is 2.14. The van der Waals surface area contributed by atoms with Gasteiger partial charge in [-0.3, -0.25) is 0 Å². The van der Waals surface area contributed by atoms with Crippen LogP contribution in [0.1, 0.15) is 0 Å². The van der Waals surface area contributed by atoms with Gasteiger partial charge < -0.3 is 5.11 Å². The summed E-state index contributed by atoms with van der Waals surface area (Å²) >= 11 is 1.41. The van der Waals surface area contributed by atoms with Gasteiger partial charge in [0.1, 0.15) is 5.44 Å². The summed E-state index contributed by atoms with van der Waals surface area (Å²) < 4.78 is 0. The van der Waals surface area contributed by atoms with Gasteiger partial charge in [0, 0.05) is 0 Å². The third kappa shape index (κ3) is 1.37. The summed E-state index contributed by atoms with van der Waals surface area (Å²) in [4.78, 5) is 0. The van der Waals surface area contributed by atoms with Crippen molar-refractivity contribution in [2.24, 2.45) is 0 Å². The lowest BCUT2D eigenvalue weighted by Gasteiger charge is -2.01. The minimum Gasteiger partial charge on any atom is -0.378 e. The fraction of sp³-hybridized carbons (Fsp3) is 0.200. The molecule has 0 fully saturated rings. The first-order valence-electron chi connectivity index (χ1n) is 2.06. The molecule has 0 aromatic heterocycles. The van der Waals surface area contributed by atoms with Crippen molar-refractivity contribution in [3.63, 3.8) is 0 Å². The zero-order valence-corrected chi connectivity index (χ0v) is 4.56. The average molecular weight is 114 g/mol. The molecule has 1 aliphatic heterocycles. The molecule has 0 saturated heterocycles. The van der Waals surface area contributed by atoms with Crippen LogP contribution in [0.4, 0.5) is 0 Å². The number of rotatable bonds is 0. The monoisotopic (exact) mass is 114 g/mol. The van der Waals surface area contributed by atoms with E-state index in [0.717, 1.165) is 0 Å². The lowest BCUT2D eigenvalue weighted by Crippen LogP contribution is -1.93. The summed E-state index contributed by atoms with van der Waals surface area (Å²) in [6.07, 6.45) is 5.48. The Bertz CT molecular complexity index is 107. The highest BCUT2D eigenvalue weighted by Gasteiger charge is 1.95. The standard InChI is InChI=1S/C5H6OS/c6-5-3-1-2-4-7-5/h1-6H. The van der Waals surface area contributed by atoms with Gasteiger partial charge >= 0.3 is 0 Å². The molecule has 1 atom stereocenters. The molecule has 1 unspecified atom stereocenters. The van der Waals surface area contributed by atoms with Gasteiger partial charge in [0.05, 0.1) is 0 Å². The van der Waals surface area contributed by atoms with E-state index in [9.17, 15) is 0 Å². The number of hydrogen-bond donors (Lipinski definition) is 1. The Morgan fingerprint density at radius 3 is 2.57 bits per heavy atom. The molecule has 1 heterocycles. The van der Waals surface area contributed by atoms with Gasteiger partial charge in [-0.15, -0.1) is 0 Å². The molecule has 1 aliphatic rings. The van der Waals surface area contributed by atoms with E-state index in [4.69, 9.17) is 5.11 Å². The van der Waals surface area contributed by atoms with Crippen molar-refractivity contribution < 1.29 is 5.11 Å². The molecule has 0 amide bonds. The highest BCUT2D eigenvalue weighted by atomic mass is 32.2. The number of hydrogen-bond acceptors (Lipinski definition) is 2.